The van der Waals surface area contributed by atoms with Crippen LogP contribution in [0, 0.1) is 0 Å². The number of unbranched alkanes of at least 4 members (excludes halogenated alkanes) is 1. The monoisotopic (exact) mass is 282 g/mol. The molecule has 0 aliphatic carbocycles. The number of ether oxygens (including phenoxy) is 3. The summed E-state index contributed by atoms with van der Waals surface area (Å²) in [7, 11) is 0. The number of carbonyl (C=O) groups is 1. The highest BCUT2D eigenvalue weighted by Crippen LogP contribution is 2.19. The molecular weight excluding hydrogens is 260 g/mol. The molecule has 2 N–H and O–H groups in total. The second-order valence-electron chi connectivity index (χ2n) is 4.16. The Morgan fingerprint density at radius 2 is 2.10 bits per heavy atom. The van der Waals surface area contributed by atoms with Gasteiger partial charge in [0.1, 0.15) is 12.2 Å². The van der Waals surface area contributed by atoms with Crippen molar-refractivity contribution in [2.75, 3.05) is 32.2 Å². The molecule has 0 radical (unpaired) electrons. The van der Waals surface area contributed by atoms with Gasteiger partial charge in [0.2, 0.25) is 5.88 Å². The predicted molar refractivity (Wildman–Crippen MR) is 75.8 cm³/mol. The van der Waals surface area contributed by atoms with Crippen LogP contribution >= 0.6 is 0 Å². The average Bonchev–Trinajstić information content (AvgIpc) is 2.44. The van der Waals surface area contributed by atoms with Crippen LogP contribution in [0.15, 0.2) is 12.3 Å². The van der Waals surface area contributed by atoms with Gasteiger partial charge in [0, 0.05) is 6.61 Å². The van der Waals surface area contributed by atoms with Crippen molar-refractivity contribution in [3.05, 3.63) is 17.8 Å². The lowest BCUT2D eigenvalue weighted by Gasteiger charge is -2.10. The molecule has 1 aromatic heterocycles. The van der Waals surface area contributed by atoms with Crippen molar-refractivity contribution in [1.29, 1.82) is 0 Å². The molecular formula is C14H22N2O4. The van der Waals surface area contributed by atoms with Crippen molar-refractivity contribution in [1.82, 2.24) is 4.98 Å². The van der Waals surface area contributed by atoms with E-state index in [2.05, 4.69) is 11.9 Å². The quantitative estimate of drug-likeness (QED) is 0.551. The zero-order valence-corrected chi connectivity index (χ0v) is 12.1. The van der Waals surface area contributed by atoms with Crippen LogP contribution in [0.2, 0.25) is 0 Å². The van der Waals surface area contributed by atoms with Crippen molar-refractivity contribution >= 4 is 11.7 Å². The van der Waals surface area contributed by atoms with Crippen molar-refractivity contribution in [3.63, 3.8) is 0 Å². The first kappa shape index (κ1) is 16.2. The number of hydrogen-bond acceptors (Lipinski definition) is 6. The molecule has 1 heterocycles. The van der Waals surface area contributed by atoms with E-state index in [0.29, 0.717) is 25.5 Å². The lowest BCUT2D eigenvalue weighted by Crippen LogP contribution is -2.13. The molecule has 20 heavy (non-hydrogen) atoms. The van der Waals surface area contributed by atoms with Gasteiger partial charge in [-0.15, -0.1) is 0 Å². The summed E-state index contributed by atoms with van der Waals surface area (Å²) in [6, 6.07) is 1.50. The van der Waals surface area contributed by atoms with E-state index in [4.69, 9.17) is 19.9 Å². The molecule has 0 aliphatic heterocycles. The Morgan fingerprint density at radius 3 is 2.80 bits per heavy atom. The van der Waals surface area contributed by atoms with Gasteiger partial charge in [0.05, 0.1) is 25.1 Å². The minimum atomic E-state index is -0.491. The Kier molecular flexibility index (Phi) is 7.42. The Labute approximate surface area is 119 Å². The van der Waals surface area contributed by atoms with Crippen LogP contribution in [0.1, 0.15) is 37.0 Å². The molecule has 0 fully saturated rings. The average molecular weight is 282 g/mol. The van der Waals surface area contributed by atoms with Gasteiger partial charge in [0.15, 0.2) is 0 Å². The van der Waals surface area contributed by atoms with Gasteiger partial charge in [-0.1, -0.05) is 13.3 Å². The SMILES string of the molecule is CCCCOCCOc1ncc(N)cc1C(=O)OCC. The van der Waals surface area contributed by atoms with Crippen LogP contribution < -0.4 is 10.5 Å². The standard InChI is InChI=1S/C14H22N2O4/c1-3-5-6-18-7-8-20-13-12(14(17)19-4-2)9-11(15)10-16-13/h9-10H,3-8,15H2,1-2H3. The maximum atomic E-state index is 11.8. The van der Waals surface area contributed by atoms with E-state index >= 15 is 0 Å². The summed E-state index contributed by atoms with van der Waals surface area (Å²) in [6.45, 7) is 5.61. The van der Waals surface area contributed by atoms with Crippen LogP contribution in [0.3, 0.4) is 0 Å². The lowest BCUT2D eigenvalue weighted by atomic mass is 10.2. The highest BCUT2D eigenvalue weighted by atomic mass is 16.5. The molecule has 0 bridgehead atoms. The highest BCUT2D eigenvalue weighted by Gasteiger charge is 2.15. The Hall–Kier alpha value is -1.82. The maximum Gasteiger partial charge on any atom is 0.343 e. The smallest absolute Gasteiger partial charge is 0.343 e. The van der Waals surface area contributed by atoms with Crippen molar-refractivity contribution in [3.8, 4) is 5.88 Å². The first-order valence-electron chi connectivity index (χ1n) is 6.82. The molecule has 6 heteroatoms. The van der Waals surface area contributed by atoms with Gasteiger partial charge in [0.25, 0.3) is 0 Å². The van der Waals surface area contributed by atoms with Crippen molar-refractivity contribution in [2.24, 2.45) is 0 Å². The molecule has 0 unspecified atom stereocenters. The lowest BCUT2D eigenvalue weighted by molar-refractivity contribution is 0.0515. The third-order valence-corrected chi connectivity index (χ3v) is 2.48. The molecule has 0 saturated heterocycles. The van der Waals surface area contributed by atoms with Gasteiger partial charge in [-0.2, -0.15) is 0 Å². The van der Waals surface area contributed by atoms with E-state index in [1.807, 2.05) is 0 Å². The largest absolute Gasteiger partial charge is 0.475 e. The summed E-state index contributed by atoms with van der Waals surface area (Å²) in [5, 5.41) is 0. The van der Waals surface area contributed by atoms with Crippen molar-refractivity contribution < 1.29 is 19.0 Å². The van der Waals surface area contributed by atoms with E-state index in [0.717, 1.165) is 12.8 Å². The fourth-order valence-corrected chi connectivity index (χ4v) is 1.48. The van der Waals surface area contributed by atoms with Crippen LogP contribution in [0.4, 0.5) is 5.69 Å². The van der Waals surface area contributed by atoms with Crippen LogP contribution in [0.5, 0.6) is 5.88 Å². The molecule has 0 saturated carbocycles. The number of esters is 1. The Bertz CT molecular complexity index is 424. The molecule has 0 aliphatic rings. The number of nitrogens with two attached hydrogens (primary N) is 1. The third kappa shape index (κ3) is 5.44. The predicted octanol–water partition coefficient (Wildman–Crippen LogP) is 2.04. The number of carbonyl (C=O) groups excluding carboxylic acids is 1. The molecule has 112 valence electrons. The fourth-order valence-electron chi connectivity index (χ4n) is 1.48. The van der Waals surface area contributed by atoms with Crippen LogP contribution in [-0.4, -0.2) is 37.4 Å². The zero-order chi connectivity index (χ0) is 14.8. The normalized spacial score (nSPS) is 10.3. The maximum absolute atomic E-state index is 11.8. The van der Waals surface area contributed by atoms with Gasteiger partial charge in [-0.05, 0) is 19.4 Å². The summed E-state index contributed by atoms with van der Waals surface area (Å²) in [5.74, 6) is -0.272. The molecule has 1 rings (SSSR count). The van der Waals surface area contributed by atoms with Gasteiger partial charge >= 0.3 is 5.97 Å². The number of pyridine rings is 1. The summed E-state index contributed by atoms with van der Waals surface area (Å²) in [4.78, 5) is 15.8. The van der Waals surface area contributed by atoms with E-state index < -0.39 is 5.97 Å². The van der Waals surface area contributed by atoms with E-state index in [1.165, 1.54) is 12.3 Å². The molecule has 0 atom stereocenters. The second-order valence-corrected chi connectivity index (χ2v) is 4.16. The first-order valence-corrected chi connectivity index (χ1v) is 6.82. The second kappa shape index (κ2) is 9.14. The number of hydrogen-bond donors (Lipinski definition) is 1. The van der Waals surface area contributed by atoms with Crippen molar-refractivity contribution in [2.45, 2.75) is 26.7 Å². The zero-order valence-electron chi connectivity index (χ0n) is 12.1. The minimum absolute atomic E-state index is 0.219. The molecule has 6 nitrogen and oxygen atoms in total. The summed E-state index contributed by atoms with van der Waals surface area (Å²) >= 11 is 0. The number of nitrogen functional groups attached to an aromatic ring is 1. The molecule has 1 aromatic rings. The Morgan fingerprint density at radius 1 is 1.30 bits per heavy atom. The van der Waals surface area contributed by atoms with Gasteiger partial charge < -0.3 is 19.9 Å². The highest BCUT2D eigenvalue weighted by molar-refractivity contribution is 5.92. The number of rotatable bonds is 9. The Balaban J connectivity index is 2.53. The fraction of sp³-hybridized carbons (Fsp3) is 0.571. The number of nitrogens with zero attached hydrogens (tertiary/aromatic N) is 1. The molecule has 0 aromatic carbocycles. The van der Waals surface area contributed by atoms with Crippen LogP contribution in [0.25, 0.3) is 0 Å². The van der Waals surface area contributed by atoms with Gasteiger partial charge in [-0.3, -0.25) is 0 Å². The first-order chi connectivity index (χ1) is 9.69. The topological polar surface area (TPSA) is 83.7 Å². The van der Waals surface area contributed by atoms with Crippen LogP contribution in [-0.2, 0) is 9.47 Å². The molecule has 0 amide bonds. The van der Waals surface area contributed by atoms with E-state index in [9.17, 15) is 4.79 Å². The van der Waals surface area contributed by atoms with E-state index in [1.54, 1.807) is 6.92 Å². The number of anilines is 1. The number of aromatic nitrogens is 1. The summed E-state index contributed by atoms with van der Waals surface area (Å²) in [6.07, 6.45) is 3.55. The minimum Gasteiger partial charge on any atom is -0.475 e. The third-order valence-electron chi connectivity index (χ3n) is 2.48. The summed E-state index contributed by atoms with van der Waals surface area (Å²) < 4.78 is 15.8. The molecule has 0 spiro atoms. The van der Waals surface area contributed by atoms with E-state index in [-0.39, 0.29) is 18.1 Å². The summed E-state index contributed by atoms with van der Waals surface area (Å²) in [5.41, 5.74) is 6.25. The van der Waals surface area contributed by atoms with Gasteiger partial charge in [-0.25, -0.2) is 9.78 Å².